The number of furan rings is 1. The summed E-state index contributed by atoms with van der Waals surface area (Å²) < 4.78 is 5.17. The van der Waals surface area contributed by atoms with Crippen LogP contribution >= 0.6 is 0 Å². The number of nitrogens with zero attached hydrogens (tertiary/aromatic N) is 1. The molecule has 0 saturated carbocycles. The van der Waals surface area contributed by atoms with Crippen molar-refractivity contribution in [2.45, 2.75) is 25.4 Å². The van der Waals surface area contributed by atoms with E-state index in [0.29, 0.717) is 18.2 Å². The summed E-state index contributed by atoms with van der Waals surface area (Å²) in [7, 11) is 2.10. The van der Waals surface area contributed by atoms with Gasteiger partial charge in [0.05, 0.1) is 12.8 Å². The molecule has 2 heterocycles. The van der Waals surface area contributed by atoms with Crippen LogP contribution in [0.4, 0.5) is 4.79 Å². The summed E-state index contributed by atoms with van der Waals surface area (Å²) in [5, 5.41) is 15.8. The second kappa shape index (κ2) is 6.95. The molecule has 3 N–H and O–H groups in total. The van der Waals surface area contributed by atoms with Gasteiger partial charge < -0.3 is 25.1 Å². The Bertz CT molecular complexity index is 445. The van der Waals surface area contributed by atoms with Crippen LogP contribution in [0.25, 0.3) is 0 Å². The predicted molar refractivity (Wildman–Crippen MR) is 79.9 cm³/mol. The van der Waals surface area contributed by atoms with Gasteiger partial charge in [-0.05, 0) is 51.4 Å². The highest BCUT2D eigenvalue weighted by Gasteiger charge is 2.27. The van der Waals surface area contributed by atoms with Gasteiger partial charge in [-0.1, -0.05) is 0 Å². The summed E-state index contributed by atoms with van der Waals surface area (Å²) in [6, 6.07) is 3.15. The molecule has 2 unspecified atom stereocenters. The maximum Gasteiger partial charge on any atom is 0.314 e. The molecular formula is C15H25N3O3. The predicted octanol–water partition coefficient (Wildman–Crippen LogP) is 1.13. The van der Waals surface area contributed by atoms with Crippen molar-refractivity contribution in [3.05, 3.63) is 24.2 Å². The lowest BCUT2D eigenvalue weighted by molar-refractivity contribution is 0.0367. The number of rotatable bonds is 5. The molecule has 6 heteroatoms. The van der Waals surface area contributed by atoms with Crippen LogP contribution in [0, 0.1) is 5.92 Å². The molecule has 2 amide bonds. The quantitative estimate of drug-likeness (QED) is 0.761. The summed E-state index contributed by atoms with van der Waals surface area (Å²) in [6.07, 6.45) is 3.83. The van der Waals surface area contributed by atoms with Gasteiger partial charge in [0.1, 0.15) is 11.4 Å². The van der Waals surface area contributed by atoms with Gasteiger partial charge in [-0.15, -0.1) is 0 Å². The fraction of sp³-hybridized carbons (Fsp3) is 0.667. The first kappa shape index (κ1) is 15.9. The summed E-state index contributed by atoms with van der Waals surface area (Å²) in [5.41, 5.74) is -1.20. The summed E-state index contributed by atoms with van der Waals surface area (Å²) >= 11 is 0. The van der Waals surface area contributed by atoms with E-state index >= 15 is 0 Å². The molecule has 2 rings (SSSR count). The molecule has 6 nitrogen and oxygen atoms in total. The number of carbonyl (C=O) groups excluding carboxylic acids is 1. The van der Waals surface area contributed by atoms with Crippen molar-refractivity contribution in [3.63, 3.8) is 0 Å². The molecule has 0 bridgehead atoms. The minimum atomic E-state index is -1.20. The number of likely N-dealkylation sites (tertiary alicyclic amines) is 1. The Labute approximate surface area is 125 Å². The highest BCUT2D eigenvalue weighted by molar-refractivity contribution is 5.73. The Morgan fingerprint density at radius 2 is 2.38 bits per heavy atom. The largest absolute Gasteiger partial charge is 0.466 e. The Balaban J connectivity index is 1.70. The maximum atomic E-state index is 11.8. The van der Waals surface area contributed by atoms with Crippen molar-refractivity contribution in [2.75, 3.05) is 33.2 Å². The van der Waals surface area contributed by atoms with Crippen molar-refractivity contribution < 1.29 is 14.3 Å². The molecule has 2 atom stereocenters. The van der Waals surface area contributed by atoms with E-state index in [0.717, 1.165) is 19.5 Å². The lowest BCUT2D eigenvalue weighted by Crippen LogP contribution is -2.46. The second-order valence-corrected chi connectivity index (χ2v) is 6.09. The van der Waals surface area contributed by atoms with Crippen LogP contribution in [0.15, 0.2) is 22.8 Å². The van der Waals surface area contributed by atoms with Gasteiger partial charge in [0.25, 0.3) is 0 Å². The normalized spacial score (nSPS) is 22.5. The van der Waals surface area contributed by atoms with E-state index in [-0.39, 0.29) is 12.6 Å². The SMILES string of the molecule is CN1CCCC(CNC(=O)NCC(C)(O)c2ccco2)C1. The lowest BCUT2D eigenvalue weighted by atomic mass is 9.99. The topological polar surface area (TPSA) is 77.7 Å². The Kier molecular flexibility index (Phi) is 5.25. The molecule has 21 heavy (non-hydrogen) atoms. The third-order valence-corrected chi connectivity index (χ3v) is 3.92. The molecule has 1 aromatic rings. The van der Waals surface area contributed by atoms with Crippen molar-refractivity contribution >= 4 is 6.03 Å². The van der Waals surface area contributed by atoms with Crippen molar-refractivity contribution in [1.29, 1.82) is 0 Å². The number of hydrogen-bond donors (Lipinski definition) is 3. The minimum absolute atomic E-state index is 0.108. The van der Waals surface area contributed by atoms with Gasteiger partial charge in [-0.25, -0.2) is 4.79 Å². The number of nitrogens with one attached hydrogen (secondary N) is 2. The number of carbonyl (C=O) groups is 1. The van der Waals surface area contributed by atoms with Crippen LogP contribution in [0.1, 0.15) is 25.5 Å². The first-order valence-electron chi connectivity index (χ1n) is 7.44. The molecule has 1 fully saturated rings. The number of urea groups is 1. The molecular weight excluding hydrogens is 270 g/mol. The van der Waals surface area contributed by atoms with Gasteiger partial charge in [-0.2, -0.15) is 0 Å². The average molecular weight is 295 g/mol. The van der Waals surface area contributed by atoms with E-state index in [1.54, 1.807) is 19.1 Å². The van der Waals surface area contributed by atoms with Gasteiger partial charge in [0, 0.05) is 13.1 Å². The zero-order valence-electron chi connectivity index (χ0n) is 12.8. The average Bonchev–Trinajstić information content (AvgIpc) is 2.98. The van der Waals surface area contributed by atoms with Crippen molar-refractivity contribution in [3.8, 4) is 0 Å². The Hall–Kier alpha value is -1.53. The number of piperidine rings is 1. The van der Waals surface area contributed by atoms with E-state index in [2.05, 4.69) is 22.6 Å². The second-order valence-electron chi connectivity index (χ2n) is 6.09. The van der Waals surface area contributed by atoms with Crippen LogP contribution < -0.4 is 10.6 Å². The zero-order chi connectivity index (χ0) is 15.3. The van der Waals surface area contributed by atoms with E-state index < -0.39 is 5.60 Å². The fourth-order valence-electron chi connectivity index (χ4n) is 2.66. The van der Waals surface area contributed by atoms with E-state index in [9.17, 15) is 9.90 Å². The summed E-state index contributed by atoms with van der Waals surface area (Å²) in [5.74, 6) is 0.941. The molecule has 0 radical (unpaired) electrons. The van der Waals surface area contributed by atoms with Crippen molar-refractivity contribution in [2.24, 2.45) is 5.92 Å². The maximum absolute atomic E-state index is 11.8. The molecule has 1 aliphatic rings. The molecule has 0 spiro atoms. The van der Waals surface area contributed by atoms with E-state index in [4.69, 9.17) is 4.42 Å². The molecule has 1 aliphatic heterocycles. The Morgan fingerprint density at radius 1 is 1.57 bits per heavy atom. The molecule has 1 aromatic heterocycles. The number of aliphatic hydroxyl groups is 1. The fourth-order valence-corrected chi connectivity index (χ4v) is 2.66. The third-order valence-electron chi connectivity index (χ3n) is 3.92. The van der Waals surface area contributed by atoms with Gasteiger partial charge in [0.15, 0.2) is 0 Å². The summed E-state index contributed by atoms with van der Waals surface area (Å²) in [6.45, 7) is 4.54. The monoisotopic (exact) mass is 295 g/mol. The zero-order valence-corrected chi connectivity index (χ0v) is 12.8. The van der Waals surface area contributed by atoms with Gasteiger partial charge >= 0.3 is 6.03 Å². The molecule has 118 valence electrons. The van der Waals surface area contributed by atoms with Crippen LogP contribution in [-0.4, -0.2) is 49.3 Å². The van der Waals surface area contributed by atoms with Crippen LogP contribution in [0.3, 0.4) is 0 Å². The van der Waals surface area contributed by atoms with Gasteiger partial charge in [0.2, 0.25) is 0 Å². The Morgan fingerprint density at radius 3 is 3.05 bits per heavy atom. The molecule has 1 saturated heterocycles. The minimum Gasteiger partial charge on any atom is -0.466 e. The summed E-state index contributed by atoms with van der Waals surface area (Å²) in [4.78, 5) is 14.1. The third kappa shape index (κ3) is 4.75. The van der Waals surface area contributed by atoms with Crippen LogP contribution in [-0.2, 0) is 5.60 Å². The number of amides is 2. The highest BCUT2D eigenvalue weighted by atomic mass is 16.4. The standard InChI is InChI=1S/C15H25N3O3/c1-15(20,13-6-4-8-21-13)11-17-14(19)16-9-12-5-3-7-18(2)10-12/h4,6,8,12,20H,3,5,7,9-11H2,1-2H3,(H2,16,17,19). The van der Waals surface area contributed by atoms with Crippen LogP contribution in [0.2, 0.25) is 0 Å². The smallest absolute Gasteiger partial charge is 0.314 e. The molecule has 0 aliphatic carbocycles. The first-order valence-corrected chi connectivity index (χ1v) is 7.44. The first-order chi connectivity index (χ1) is 9.97. The van der Waals surface area contributed by atoms with Crippen molar-refractivity contribution in [1.82, 2.24) is 15.5 Å². The van der Waals surface area contributed by atoms with E-state index in [1.165, 1.54) is 12.7 Å². The van der Waals surface area contributed by atoms with E-state index in [1.807, 2.05) is 0 Å². The number of hydrogen-bond acceptors (Lipinski definition) is 4. The molecule has 0 aromatic carbocycles. The van der Waals surface area contributed by atoms with Crippen LogP contribution in [0.5, 0.6) is 0 Å². The highest BCUT2D eigenvalue weighted by Crippen LogP contribution is 2.19. The van der Waals surface area contributed by atoms with Gasteiger partial charge in [-0.3, -0.25) is 0 Å². The lowest BCUT2D eigenvalue weighted by Gasteiger charge is -2.29.